The second-order valence-corrected chi connectivity index (χ2v) is 4.55. The molecule has 0 saturated carbocycles. The maximum atomic E-state index is 2.40. The third kappa shape index (κ3) is 7.17. The second-order valence-electron chi connectivity index (χ2n) is 4.55. The van der Waals surface area contributed by atoms with Gasteiger partial charge in [0.15, 0.2) is 0 Å². The Morgan fingerprint density at radius 2 is 1.71 bits per heavy atom. The highest BCUT2D eigenvalue weighted by atomic mass is 14.1. The Hall–Kier alpha value is -0.260. The number of hydrogen-bond acceptors (Lipinski definition) is 0. The van der Waals surface area contributed by atoms with Gasteiger partial charge in [-0.05, 0) is 18.3 Å². The zero-order chi connectivity index (χ0) is 10.8. The lowest BCUT2D eigenvalue weighted by atomic mass is 9.90. The molecule has 0 aromatic carbocycles. The van der Waals surface area contributed by atoms with Crippen LogP contribution in [0.25, 0.3) is 0 Å². The molecule has 0 nitrogen and oxygen atoms in total. The quantitative estimate of drug-likeness (QED) is 0.370. The minimum Gasteiger partial charge on any atom is -0.0883 e. The number of unbranched alkanes of at least 4 members (excludes halogenated alkanes) is 3. The Morgan fingerprint density at radius 3 is 2.29 bits per heavy atom. The number of hydrogen-bond donors (Lipinski definition) is 0. The normalized spacial score (nSPS) is 16.0. The van der Waals surface area contributed by atoms with Crippen LogP contribution in [0.1, 0.15) is 66.2 Å². The summed E-state index contributed by atoms with van der Waals surface area (Å²) >= 11 is 0. The fourth-order valence-corrected chi connectivity index (χ4v) is 1.65. The summed E-state index contributed by atoms with van der Waals surface area (Å²) in [5.41, 5.74) is 0. The van der Waals surface area contributed by atoms with Crippen LogP contribution in [-0.4, -0.2) is 0 Å². The fourth-order valence-electron chi connectivity index (χ4n) is 1.65. The van der Waals surface area contributed by atoms with Gasteiger partial charge in [-0.15, -0.1) is 0 Å². The van der Waals surface area contributed by atoms with E-state index in [1.54, 1.807) is 0 Å². The van der Waals surface area contributed by atoms with Crippen LogP contribution in [0.3, 0.4) is 0 Å². The Labute approximate surface area is 90.8 Å². The molecule has 0 radical (unpaired) electrons. The minimum atomic E-state index is 0.762. The van der Waals surface area contributed by atoms with Crippen molar-refractivity contribution in [2.24, 2.45) is 11.8 Å². The molecule has 0 heterocycles. The molecule has 0 amide bonds. The molecule has 0 aromatic rings. The molecule has 84 valence electrons. The van der Waals surface area contributed by atoms with Gasteiger partial charge in [-0.1, -0.05) is 72.0 Å². The van der Waals surface area contributed by atoms with Crippen molar-refractivity contribution in [3.05, 3.63) is 12.2 Å². The minimum absolute atomic E-state index is 0.762. The first kappa shape index (κ1) is 13.7. The van der Waals surface area contributed by atoms with Crippen molar-refractivity contribution in [2.45, 2.75) is 66.2 Å². The molecule has 0 aliphatic heterocycles. The third-order valence-electron chi connectivity index (χ3n) is 3.06. The SMILES string of the molecule is CCCC=CC(C)C(C)CCCCC. The van der Waals surface area contributed by atoms with Gasteiger partial charge in [-0.25, -0.2) is 0 Å². The summed E-state index contributed by atoms with van der Waals surface area (Å²) in [5, 5.41) is 0. The van der Waals surface area contributed by atoms with E-state index in [2.05, 4.69) is 39.8 Å². The van der Waals surface area contributed by atoms with Gasteiger partial charge in [0, 0.05) is 0 Å². The lowest BCUT2D eigenvalue weighted by Gasteiger charge is -2.16. The molecule has 0 heteroatoms. The van der Waals surface area contributed by atoms with Gasteiger partial charge in [0.05, 0.1) is 0 Å². The summed E-state index contributed by atoms with van der Waals surface area (Å²) in [6.07, 6.45) is 12.8. The molecule has 0 fully saturated rings. The summed E-state index contributed by atoms with van der Waals surface area (Å²) in [6.45, 7) is 9.24. The van der Waals surface area contributed by atoms with Crippen LogP contribution in [0, 0.1) is 11.8 Å². The Morgan fingerprint density at radius 1 is 1.00 bits per heavy atom. The van der Waals surface area contributed by atoms with Crippen molar-refractivity contribution in [3.8, 4) is 0 Å². The van der Waals surface area contributed by atoms with Crippen LogP contribution < -0.4 is 0 Å². The first-order valence-corrected chi connectivity index (χ1v) is 6.39. The Kier molecular flexibility index (Phi) is 9.13. The molecule has 2 atom stereocenters. The Balaban J connectivity index is 3.58. The second kappa shape index (κ2) is 9.30. The van der Waals surface area contributed by atoms with Gasteiger partial charge in [0.25, 0.3) is 0 Å². The number of rotatable bonds is 8. The summed E-state index contributed by atoms with van der Waals surface area (Å²) in [5.74, 6) is 1.62. The van der Waals surface area contributed by atoms with Gasteiger partial charge in [0.2, 0.25) is 0 Å². The standard InChI is InChI=1S/C14H28/c1-5-7-9-11-13(3)14(4)12-10-8-6-2/h9,11,13-14H,5-8,10,12H2,1-4H3. The van der Waals surface area contributed by atoms with Crippen LogP contribution in [0.15, 0.2) is 12.2 Å². The van der Waals surface area contributed by atoms with Crippen molar-refractivity contribution >= 4 is 0 Å². The van der Waals surface area contributed by atoms with E-state index in [1.165, 1.54) is 38.5 Å². The van der Waals surface area contributed by atoms with Crippen molar-refractivity contribution in [1.82, 2.24) is 0 Å². The van der Waals surface area contributed by atoms with E-state index in [9.17, 15) is 0 Å². The van der Waals surface area contributed by atoms with Crippen molar-refractivity contribution in [1.29, 1.82) is 0 Å². The molecule has 0 aliphatic rings. The highest BCUT2D eigenvalue weighted by Gasteiger charge is 2.07. The lowest BCUT2D eigenvalue weighted by Crippen LogP contribution is -2.04. The summed E-state index contributed by atoms with van der Waals surface area (Å²) in [4.78, 5) is 0. The zero-order valence-electron chi connectivity index (χ0n) is 10.6. The highest BCUT2D eigenvalue weighted by Crippen LogP contribution is 2.19. The molecular weight excluding hydrogens is 168 g/mol. The van der Waals surface area contributed by atoms with Crippen molar-refractivity contribution < 1.29 is 0 Å². The topological polar surface area (TPSA) is 0 Å². The molecule has 0 aromatic heterocycles. The van der Waals surface area contributed by atoms with E-state index >= 15 is 0 Å². The average molecular weight is 196 g/mol. The van der Waals surface area contributed by atoms with E-state index < -0.39 is 0 Å². The van der Waals surface area contributed by atoms with Gasteiger partial charge in [-0.2, -0.15) is 0 Å². The molecule has 0 spiro atoms. The monoisotopic (exact) mass is 196 g/mol. The van der Waals surface area contributed by atoms with Gasteiger partial charge >= 0.3 is 0 Å². The molecule has 0 rings (SSSR count). The lowest BCUT2D eigenvalue weighted by molar-refractivity contribution is 0.408. The van der Waals surface area contributed by atoms with Gasteiger partial charge in [-0.3, -0.25) is 0 Å². The summed E-state index contributed by atoms with van der Waals surface area (Å²) < 4.78 is 0. The smallest absolute Gasteiger partial charge is 0.0236 e. The zero-order valence-corrected chi connectivity index (χ0v) is 10.6. The highest BCUT2D eigenvalue weighted by molar-refractivity contribution is 4.88. The van der Waals surface area contributed by atoms with Crippen LogP contribution in [0.2, 0.25) is 0 Å². The molecule has 0 bridgehead atoms. The fraction of sp³-hybridized carbons (Fsp3) is 0.857. The molecule has 14 heavy (non-hydrogen) atoms. The molecule has 0 saturated heterocycles. The van der Waals surface area contributed by atoms with Crippen molar-refractivity contribution in [3.63, 3.8) is 0 Å². The van der Waals surface area contributed by atoms with E-state index in [1.807, 2.05) is 0 Å². The average Bonchev–Trinajstić information content (AvgIpc) is 2.18. The molecule has 0 aliphatic carbocycles. The largest absolute Gasteiger partial charge is 0.0883 e. The van der Waals surface area contributed by atoms with Crippen LogP contribution in [0.4, 0.5) is 0 Å². The maximum Gasteiger partial charge on any atom is -0.0236 e. The van der Waals surface area contributed by atoms with E-state index in [4.69, 9.17) is 0 Å². The third-order valence-corrected chi connectivity index (χ3v) is 3.06. The van der Waals surface area contributed by atoms with E-state index in [0.29, 0.717) is 0 Å². The van der Waals surface area contributed by atoms with Crippen LogP contribution in [-0.2, 0) is 0 Å². The first-order valence-electron chi connectivity index (χ1n) is 6.39. The first-order chi connectivity index (χ1) is 6.72. The van der Waals surface area contributed by atoms with Gasteiger partial charge in [0.1, 0.15) is 0 Å². The summed E-state index contributed by atoms with van der Waals surface area (Å²) in [7, 11) is 0. The molecular formula is C14H28. The Bertz CT molecular complexity index is 135. The van der Waals surface area contributed by atoms with Crippen molar-refractivity contribution in [2.75, 3.05) is 0 Å². The predicted octanol–water partition coefficient (Wildman–Crippen LogP) is 5.20. The predicted molar refractivity (Wildman–Crippen MR) is 66.5 cm³/mol. The molecule has 0 N–H and O–H groups in total. The summed E-state index contributed by atoms with van der Waals surface area (Å²) in [6, 6.07) is 0. The van der Waals surface area contributed by atoms with Crippen LogP contribution >= 0.6 is 0 Å². The number of allylic oxidation sites excluding steroid dienone is 2. The van der Waals surface area contributed by atoms with Gasteiger partial charge < -0.3 is 0 Å². The maximum absolute atomic E-state index is 2.40. The van der Waals surface area contributed by atoms with Crippen LogP contribution in [0.5, 0.6) is 0 Å². The van der Waals surface area contributed by atoms with E-state index in [0.717, 1.165) is 11.8 Å². The molecule has 2 unspecified atom stereocenters. The van der Waals surface area contributed by atoms with E-state index in [-0.39, 0.29) is 0 Å².